The minimum atomic E-state index is 0.673. The second-order valence-electron chi connectivity index (χ2n) is 7.48. The molecule has 0 saturated carbocycles. The van der Waals surface area contributed by atoms with Crippen molar-refractivity contribution in [3.8, 4) is 0 Å². The number of hydrogen-bond donors (Lipinski definition) is 1. The summed E-state index contributed by atoms with van der Waals surface area (Å²) in [6.45, 7) is 9.20. The summed E-state index contributed by atoms with van der Waals surface area (Å²) in [7, 11) is 0. The first kappa shape index (κ1) is 20.2. The highest BCUT2D eigenvalue weighted by Gasteiger charge is 2.20. The first-order valence-corrected chi connectivity index (χ1v) is 10.5. The van der Waals surface area contributed by atoms with Gasteiger partial charge in [0, 0.05) is 64.3 Å². The van der Waals surface area contributed by atoms with Gasteiger partial charge in [-0.1, -0.05) is 29.4 Å². The first-order valence-electron chi connectivity index (χ1n) is 10.5. The molecule has 1 N–H and O–H groups in total. The Morgan fingerprint density at radius 3 is 2.53 bits per heavy atom. The number of aliphatic imine (C=N–C) groups is 1. The lowest BCUT2D eigenvalue weighted by Gasteiger charge is -2.36. The molecule has 158 valence electrons. The predicted octanol–water partition coefficient (Wildman–Crippen LogP) is 2.20. The summed E-state index contributed by atoms with van der Waals surface area (Å²) in [6.07, 6.45) is 7.25. The Kier molecular flexibility index (Phi) is 6.76. The molecule has 3 heterocycles. The standard InChI is InChI=1S/C22H29N7O/c1-2-24-22(29-12-10-27(11-13-29)17-21-7-14-30-26-21)25-15-19-3-5-20(6-4-19)16-28-9-8-23-18-28/h3-9,14,18H,2,10-13,15-17H2,1H3,(H,24,25). The Hall–Kier alpha value is -3.13. The van der Waals surface area contributed by atoms with E-state index >= 15 is 0 Å². The van der Waals surface area contributed by atoms with Crippen molar-refractivity contribution in [1.82, 2.24) is 29.8 Å². The maximum atomic E-state index is 4.93. The first-order chi connectivity index (χ1) is 14.8. The van der Waals surface area contributed by atoms with Crippen LogP contribution in [0.25, 0.3) is 0 Å². The van der Waals surface area contributed by atoms with Crippen LogP contribution in [-0.4, -0.2) is 63.2 Å². The molecule has 1 fully saturated rings. The normalized spacial score (nSPS) is 15.5. The molecule has 3 aromatic rings. The van der Waals surface area contributed by atoms with E-state index in [4.69, 9.17) is 9.52 Å². The SMILES string of the molecule is CCNC(=NCc1ccc(Cn2ccnc2)cc1)N1CCN(Cc2ccon2)CC1. The lowest BCUT2D eigenvalue weighted by Crippen LogP contribution is -2.52. The van der Waals surface area contributed by atoms with Crippen molar-refractivity contribution in [2.24, 2.45) is 4.99 Å². The van der Waals surface area contributed by atoms with E-state index in [1.807, 2.05) is 18.6 Å². The van der Waals surface area contributed by atoms with Crippen molar-refractivity contribution >= 4 is 5.96 Å². The molecule has 1 aromatic carbocycles. The average molecular weight is 408 g/mol. The summed E-state index contributed by atoms with van der Waals surface area (Å²) >= 11 is 0. The second-order valence-corrected chi connectivity index (χ2v) is 7.48. The van der Waals surface area contributed by atoms with E-state index in [-0.39, 0.29) is 0 Å². The van der Waals surface area contributed by atoms with Crippen LogP contribution in [0.1, 0.15) is 23.7 Å². The van der Waals surface area contributed by atoms with Gasteiger partial charge in [0.25, 0.3) is 0 Å². The Bertz CT molecular complexity index is 896. The minimum Gasteiger partial charge on any atom is -0.364 e. The third-order valence-electron chi connectivity index (χ3n) is 5.24. The van der Waals surface area contributed by atoms with Crippen molar-refractivity contribution < 1.29 is 4.52 Å². The number of guanidine groups is 1. The molecule has 0 spiro atoms. The number of nitrogens with one attached hydrogen (secondary N) is 1. The van der Waals surface area contributed by atoms with E-state index in [9.17, 15) is 0 Å². The van der Waals surface area contributed by atoms with Gasteiger partial charge in [-0.05, 0) is 18.1 Å². The number of aromatic nitrogens is 3. The molecule has 2 aromatic heterocycles. The van der Waals surface area contributed by atoms with Gasteiger partial charge in [0.2, 0.25) is 0 Å². The number of piperazine rings is 1. The van der Waals surface area contributed by atoms with Crippen LogP contribution in [0.4, 0.5) is 0 Å². The molecular weight excluding hydrogens is 378 g/mol. The summed E-state index contributed by atoms with van der Waals surface area (Å²) < 4.78 is 7.00. The second kappa shape index (κ2) is 10.1. The van der Waals surface area contributed by atoms with E-state index in [1.165, 1.54) is 11.1 Å². The van der Waals surface area contributed by atoms with Gasteiger partial charge in [0.15, 0.2) is 5.96 Å². The fourth-order valence-corrected chi connectivity index (χ4v) is 3.60. The molecular formula is C22H29N7O. The van der Waals surface area contributed by atoms with Gasteiger partial charge < -0.3 is 19.3 Å². The molecule has 1 aliphatic heterocycles. The number of hydrogen-bond acceptors (Lipinski definition) is 5. The molecule has 8 heteroatoms. The van der Waals surface area contributed by atoms with E-state index in [1.54, 1.807) is 12.5 Å². The molecule has 30 heavy (non-hydrogen) atoms. The molecule has 0 unspecified atom stereocenters. The Morgan fingerprint density at radius 1 is 1.07 bits per heavy atom. The lowest BCUT2D eigenvalue weighted by atomic mass is 10.1. The number of benzene rings is 1. The van der Waals surface area contributed by atoms with E-state index in [2.05, 4.69) is 61.0 Å². The van der Waals surface area contributed by atoms with Gasteiger partial charge in [-0.15, -0.1) is 0 Å². The molecule has 8 nitrogen and oxygen atoms in total. The van der Waals surface area contributed by atoms with E-state index < -0.39 is 0 Å². The summed E-state index contributed by atoms with van der Waals surface area (Å²) in [4.78, 5) is 13.7. The zero-order valence-corrected chi connectivity index (χ0v) is 17.4. The molecule has 4 rings (SSSR count). The average Bonchev–Trinajstić information content (AvgIpc) is 3.47. The lowest BCUT2D eigenvalue weighted by molar-refractivity contribution is 0.169. The smallest absolute Gasteiger partial charge is 0.194 e. The quantitative estimate of drug-likeness (QED) is 0.478. The largest absolute Gasteiger partial charge is 0.364 e. The Labute approximate surface area is 177 Å². The van der Waals surface area contributed by atoms with Crippen LogP contribution in [-0.2, 0) is 19.6 Å². The molecule has 0 radical (unpaired) electrons. The third kappa shape index (κ3) is 5.48. The highest BCUT2D eigenvalue weighted by molar-refractivity contribution is 5.80. The highest BCUT2D eigenvalue weighted by Crippen LogP contribution is 2.10. The number of nitrogens with zero attached hydrogens (tertiary/aromatic N) is 6. The fraction of sp³-hybridized carbons (Fsp3) is 0.409. The molecule has 0 bridgehead atoms. The third-order valence-corrected chi connectivity index (χ3v) is 5.24. The van der Waals surface area contributed by atoms with Crippen LogP contribution in [0.15, 0.2) is 64.8 Å². The van der Waals surface area contributed by atoms with Crippen LogP contribution in [0.5, 0.6) is 0 Å². The summed E-state index contributed by atoms with van der Waals surface area (Å²) in [5.74, 6) is 0.987. The van der Waals surface area contributed by atoms with Gasteiger partial charge in [-0.25, -0.2) is 9.98 Å². The van der Waals surface area contributed by atoms with Gasteiger partial charge in [0.05, 0.1) is 18.6 Å². The number of rotatable bonds is 7. The predicted molar refractivity (Wildman–Crippen MR) is 116 cm³/mol. The van der Waals surface area contributed by atoms with E-state index in [0.29, 0.717) is 6.54 Å². The molecule has 0 atom stereocenters. The summed E-state index contributed by atoms with van der Waals surface area (Å²) in [5, 5.41) is 7.46. The van der Waals surface area contributed by atoms with Crippen LogP contribution in [0.2, 0.25) is 0 Å². The van der Waals surface area contributed by atoms with Crippen LogP contribution in [0.3, 0.4) is 0 Å². The van der Waals surface area contributed by atoms with Gasteiger partial charge in [-0.2, -0.15) is 0 Å². The maximum Gasteiger partial charge on any atom is 0.194 e. The van der Waals surface area contributed by atoms with Crippen LogP contribution < -0.4 is 5.32 Å². The minimum absolute atomic E-state index is 0.673. The van der Waals surface area contributed by atoms with Crippen molar-refractivity contribution in [3.63, 3.8) is 0 Å². The Balaban J connectivity index is 1.31. The van der Waals surface area contributed by atoms with Crippen molar-refractivity contribution in [3.05, 3.63) is 72.1 Å². The number of imidazole rings is 1. The van der Waals surface area contributed by atoms with Gasteiger partial charge in [0.1, 0.15) is 6.26 Å². The maximum absolute atomic E-state index is 4.93. The summed E-state index contributed by atoms with van der Waals surface area (Å²) in [5.41, 5.74) is 3.46. The summed E-state index contributed by atoms with van der Waals surface area (Å²) in [6, 6.07) is 10.6. The van der Waals surface area contributed by atoms with Gasteiger partial charge in [-0.3, -0.25) is 4.90 Å². The monoisotopic (exact) mass is 407 g/mol. The molecule has 0 amide bonds. The van der Waals surface area contributed by atoms with Crippen molar-refractivity contribution in [2.75, 3.05) is 32.7 Å². The van der Waals surface area contributed by atoms with Crippen molar-refractivity contribution in [1.29, 1.82) is 0 Å². The Morgan fingerprint density at radius 2 is 1.87 bits per heavy atom. The molecule has 1 saturated heterocycles. The van der Waals surface area contributed by atoms with Gasteiger partial charge >= 0.3 is 0 Å². The van der Waals surface area contributed by atoms with Crippen molar-refractivity contribution in [2.45, 2.75) is 26.6 Å². The fourth-order valence-electron chi connectivity index (χ4n) is 3.60. The molecule has 0 aliphatic carbocycles. The zero-order chi connectivity index (χ0) is 20.6. The van der Waals surface area contributed by atoms with Crippen LogP contribution >= 0.6 is 0 Å². The van der Waals surface area contributed by atoms with Crippen LogP contribution in [0, 0.1) is 0 Å². The van der Waals surface area contributed by atoms with E-state index in [0.717, 1.165) is 57.5 Å². The highest BCUT2D eigenvalue weighted by atomic mass is 16.5. The zero-order valence-electron chi connectivity index (χ0n) is 17.4. The molecule has 1 aliphatic rings. The topological polar surface area (TPSA) is 74.7 Å².